The van der Waals surface area contributed by atoms with Crippen LogP contribution in [0.3, 0.4) is 0 Å². The predicted octanol–water partition coefficient (Wildman–Crippen LogP) is 2.98. The van der Waals surface area contributed by atoms with E-state index >= 15 is 0 Å². The predicted molar refractivity (Wildman–Crippen MR) is 136 cm³/mol. The Hall–Kier alpha value is -3.25. The highest BCUT2D eigenvalue weighted by Gasteiger charge is 2.40. The highest BCUT2D eigenvalue weighted by molar-refractivity contribution is 6.58. The lowest BCUT2D eigenvalue weighted by Crippen LogP contribution is -2.29. The Morgan fingerprint density at radius 1 is 1.06 bits per heavy atom. The Labute approximate surface area is 207 Å². The van der Waals surface area contributed by atoms with Gasteiger partial charge in [0.1, 0.15) is 0 Å². The summed E-state index contributed by atoms with van der Waals surface area (Å²) in [7, 11) is 0.126. The first-order chi connectivity index (χ1) is 17.0. The number of hydrogen-bond donors (Lipinski definition) is 2. The number of hydrogen-bond acceptors (Lipinski definition) is 7. The van der Waals surface area contributed by atoms with Gasteiger partial charge in [-0.05, 0) is 73.3 Å². The summed E-state index contributed by atoms with van der Waals surface area (Å²) in [5.74, 6) is 1.60. The summed E-state index contributed by atoms with van der Waals surface area (Å²) in [5.41, 5.74) is 4.57. The second-order valence-corrected chi connectivity index (χ2v) is 9.28. The summed E-state index contributed by atoms with van der Waals surface area (Å²) in [4.78, 5) is 11.0. The molecule has 35 heavy (non-hydrogen) atoms. The normalized spacial score (nSPS) is 20.9. The molecule has 1 aromatic heterocycles. The maximum Gasteiger partial charge on any atom is 0.488 e. The highest BCUT2D eigenvalue weighted by atomic mass is 16.5. The fraction of sp³-hybridized carbons (Fsp3) is 0.370. The van der Waals surface area contributed by atoms with E-state index in [-0.39, 0.29) is 0 Å². The zero-order valence-corrected chi connectivity index (χ0v) is 20.2. The van der Waals surface area contributed by atoms with Crippen LogP contribution in [0.2, 0.25) is 0 Å². The summed E-state index contributed by atoms with van der Waals surface area (Å²) in [5, 5.41) is 25.7. The van der Waals surface area contributed by atoms with Gasteiger partial charge in [-0.1, -0.05) is 36.4 Å². The van der Waals surface area contributed by atoms with Gasteiger partial charge in [-0.25, -0.2) is 9.97 Å². The molecule has 3 atom stereocenters. The number of ether oxygens (including phenoxy) is 1. The molecule has 5 rings (SSSR count). The quantitative estimate of drug-likeness (QED) is 0.534. The summed E-state index contributed by atoms with van der Waals surface area (Å²) in [6.45, 7) is 4.94. The second-order valence-electron chi connectivity index (χ2n) is 9.28. The minimum atomic E-state index is -1.46. The Morgan fingerprint density at radius 2 is 1.74 bits per heavy atom. The van der Waals surface area contributed by atoms with Gasteiger partial charge >= 0.3 is 13.1 Å². The zero-order valence-electron chi connectivity index (χ0n) is 20.2. The van der Waals surface area contributed by atoms with Crippen LogP contribution in [-0.2, 0) is 0 Å². The van der Waals surface area contributed by atoms with Gasteiger partial charge in [0, 0.05) is 30.5 Å². The first-order valence-electron chi connectivity index (χ1n) is 12.0. The van der Waals surface area contributed by atoms with E-state index in [0.29, 0.717) is 17.0 Å². The van der Waals surface area contributed by atoms with E-state index in [4.69, 9.17) is 20.0 Å². The Bertz CT molecular complexity index is 1130. The molecule has 2 N–H and O–H groups in total. The molecular weight excluding hydrogens is 439 g/mol. The van der Waals surface area contributed by atoms with Gasteiger partial charge in [-0.2, -0.15) is 5.26 Å². The molecule has 1 saturated heterocycles. The molecular formula is C27H31BN4O3. The minimum Gasteiger partial charge on any atom is -0.467 e. The van der Waals surface area contributed by atoms with Gasteiger partial charge in [0.15, 0.2) is 0 Å². The Kier molecular flexibility index (Phi) is 8.14. The van der Waals surface area contributed by atoms with Crippen molar-refractivity contribution in [3.8, 4) is 23.2 Å². The average Bonchev–Trinajstić information content (AvgIpc) is 3.56. The smallest absolute Gasteiger partial charge is 0.467 e. The maximum atomic E-state index is 8.66. The molecule has 1 aliphatic heterocycles. The molecule has 2 aliphatic rings. The third kappa shape index (κ3) is 6.46. The van der Waals surface area contributed by atoms with Crippen molar-refractivity contribution in [2.75, 3.05) is 20.2 Å². The molecule has 2 heterocycles. The molecule has 0 bridgehead atoms. The zero-order chi connectivity index (χ0) is 24.8. The number of nitriles is 1. The molecule has 2 aromatic carbocycles. The lowest BCUT2D eigenvalue weighted by molar-refractivity contribution is 0.256. The molecule has 0 unspecified atom stereocenters. The number of nitrogens with zero attached hydrogens (tertiary/aromatic N) is 4. The van der Waals surface area contributed by atoms with Crippen molar-refractivity contribution in [3.05, 3.63) is 72.1 Å². The van der Waals surface area contributed by atoms with E-state index in [1.54, 1.807) is 7.11 Å². The highest BCUT2D eigenvalue weighted by Crippen LogP contribution is 2.48. The first kappa shape index (κ1) is 24.9. The molecule has 0 radical (unpaired) electrons. The van der Waals surface area contributed by atoms with Crippen molar-refractivity contribution in [2.24, 2.45) is 5.92 Å². The molecule has 1 saturated carbocycles. The summed E-state index contributed by atoms with van der Waals surface area (Å²) in [6, 6.07) is 18.1. The van der Waals surface area contributed by atoms with E-state index in [0.717, 1.165) is 29.0 Å². The van der Waals surface area contributed by atoms with Crippen LogP contribution in [0.1, 0.15) is 43.2 Å². The molecule has 0 amide bonds. The summed E-state index contributed by atoms with van der Waals surface area (Å²) >= 11 is 0. The van der Waals surface area contributed by atoms with Crippen LogP contribution in [0, 0.1) is 17.2 Å². The fourth-order valence-corrected chi connectivity index (χ4v) is 4.65. The van der Waals surface area contributed by atoms with Crippen LogP contribution in [0.4, 0.5) is 0 Å². The van der Waals surface area contributed by atoms with E-state index in [9.17, 15) is 0 Å². The number of methoxy groups -OCH3 is 1. The Balaban J connectivity index is 0.000000221. The third-order valence-corrected chi connectivity index (χ3v) is 6.90. The van der Waals surface area contributed by atoms with E-state index in [1.165, 1.54) is 62.2 Å². The molecule has 3 aromatic rings. The first-order valence-corrected chi connectivity index (χ1v) is 12.0. The van der Waals surface area contributed by atoms with Crippen LogP contribution in [-0.4, -0.2) is 58.3 Å². The molecule has 2 fully saturated rings. The number of likely N-dealkylation sites (tertiary alicyclic amines) is 1. The van der Waals surface area contributed by atoms with Gasteiger partial charge in [0.2, 0.25) is 0 Å². The van der Waals surface area contributed by atoms with Crippen molar-refractivity contribution in [1.29, 1.82) is 5.26 Å². The number of aromatic nitrogens is 2. The van der Waals surface area contributed by atoms with Crippen LogP contribution in [0.5, 0.6) is 6.01 Å². The Morgan fingerprint density at radius 3 is 2.29 bits per heavy atom. The van der Waals surface area contributed by atoms with Gasteiger partial charge in [0.25, 0.3) is 0 Å². The lowest BCUT2D eigenvalue weighted by atomic mass is 9.80. The van der Waals surface area contributed by atoms with E-state index in [2.05, 4.69) is 46.1 Å². The summed E-state index contributed by atoms with van der Waals surface area (Å²) in [6.07, 6.45) is 7.71. The van der Waals surface area contributed by atoms with Crippen molar-refractivity contribution in [2.45, 2.75) is 38.1 Å². The summed E-state index contributed by atoms with van der Waals surface area (Å²) < 4.78 is 5.01. The largest absolute Gasteiger partial charge is 0.488 e. The SMILES string of the molecule is COc1ncc(-c2ccc([C@H]3C[C@@H]3CN3CCC[C@@H]3C)cc2)cn1.N#Cc1ccc(B(O)O)cc1. The van der Waals surface area contributed by atoms with Gasteiger partial charge in [0.05, 0.1) is 18.7 Å². The standard InChI is InChI=1S/C20H25N3O.C7H6BNO2/c1-14-4-3-9-23(14)13-17-10-19(17)16-7-5-15(6-8-16)18-11-21-20(24-2)22-12-18;9-5-6-1-3-7(4-2-6)8(10)11/h5-8,11-12,14,17,19H,3-4,9-10,13H2,1-2H3;1-4,10-11H/t14-,17+,19+;/m0./s1. The molecule has 180 valence electrons. The van der Waals surface area contributed by atoms with Crippen LogP contribution in [0.25, 0.3) is 11.1 Å². The van der Waals surface area contributed by atoms with Gasteiger partial charge in [-0.3, -0.25) is 0 Å². The van der Waals surface area contributed by atoms with Crippen molar-refractivity contribution in [1.82, 2.24) is 14.9 Å². The van der Waals surface area contributed by atoms with Crippen molar-refractivity contribution in [3.63, 3.8) is 0 Å². The van der Waals surface area contributed by atoms with E-state index in [1.807, 2.05) is 18.5 Å². The molecule has 8 heteroatoms. The van der Waals surface area contributed by atoms with Crippen molar-refractivity contribution >= 4 is 12.6 Å². The number of benzene rings is 2. The van der Waals surface area contributed by atoms with E-state index < -0.39 is 7.12 Å². The minimum absolute atomic E-state index is 0.393. The van der Waals surface area contributed by atoms with Gasteiger partial charge < -0.3 is 19.7 Å². The molecule has 1 aliphatic carbocycles. The lowest BCUT2D eigenvalue weighted by Gasteiger charge is -2.20. The van der Waals surface area contributed by atoms with Crippen LogP contribution < -0.4 is 10.2 Å². The van der Waals surface area contributed by atoms with Crippen molar-refractivity contribution < 1.29 is 14.8 Å². The molecule has 7 nitrogen and oxygen atoms in total. The van der Waals surface area contributed by atoms with Gasteiger partial charge in [-0.15, -0.1) is 0 Å². The van der Waals surface area contributed by atoms with Crippen LogP contribution in [0.15, 0.2) is 60.9 Å². The second kappa shape index (κ2) is 11.5. The topological polar surface area (TPSA) is 102 Å². The average molecular weight is 470 g/mol. The third-order valence-electron chi connectivity index (χ3n) is 6.90. The maximum absolute atomic E-state index is 8.66. The molecule has 0 spiro atoms. The van der Waals surface area contributed by atoms with Crippen LogP contribution >= 0.6 is 0 Å². The monoisotopic (exact) mass is 470 g/mol. The number of rotatable bonds is 6. The fourth-order valence-electron chi connectivity index (χ4n) is 4.65.